The van der Waals surface area contributed by atoms with Crippen LogP contribution in [0.2, 0.25) is 0 Å². The second-order valence-corrected chi connectivity index (χ2v) is 5.67. The van der Waals surface area contributed by atoms with Gasteiger partial charge in [0.1, 0.15) is 5.38 Å². The number of amides is 1. The molecular weight excluding hydrogens is 280 g/mol. The predicted molar refractivity (Wildman–Crippen MR) is 78.6 cm³/mol. The van der Waals surface area contributed by atoms with Crippen LogP contribution < -0.4 is 5.32 Å². The van der Waals surface area contributed by atoms with Crippen LogP contribution in [0.5, 0.6) is 0 Å². The first-order valence-corrected chi connectivity index (χ1v) is 7.36. The molecule has 0 aliphatic rings. The number of halogens is 1. The van der Waals surface area contributed by atoms with Crippen LogP contribution in [0.25, 0.3) is 0 Å². The predicted octanol–water partition coefficient (Wildman–Crippen LogP) is 3.09. The summed E-state index contributed by atoms with van der Waals surface area (Å²) < 4.78 is 0. The molecule has 1 N–H and O–H groups in total. The molecule has 0 aliphatic carbocycles. The van der Waals surface area contributed by atoms with E-state index in [1.165, 1.54) is 0 Å². The molecule has 1 amide bonds. The Morgan fingerprint density at radius 1 is 1.42 bits per heavy atom. The summed E-state index contributed by atoms with van der Waals surface area (Å²) in [5.41, 5.74) is 1.82. The number of aryl methyl sites for hydroxylation is 1. The van der Waals surface area contributed by atoms with Crippen LogP contribution in [0.15, 0.2) is 35.7 Å². The van der Waals surface area contributed by atoms with Gasteiger partial charge in [-0.15, -0.1) is 22.9 Å². The fourth-order valence-electron chi connectivity index (χ4n) is 1.70. The van der Waals surface area contributed by atoms with Gasteiger partial charge in [0.2, 0.25) is 5.91 Å². The summed E-state index contributed by atoms with van der Waals surface area (Å²) in [5.74, 6) is -0.167. The Morgan fingerprint density at radius 2 is 2.16 bits per heavy atom. The first-order chi connectivity index (χ1) is 9.16. The molecule has 1 atom stereocenters. The van der Waals surface area contributed by atoms with E-state index in [0.717, 1.165) is 22.7 Å². The smallest absolute Gasteiger partial charge is 0.242 e. The second-order valence-electron chi connectivity index (χ2n) is 4.17. The van der Waals surface area contributed by atoms with Crippen LogP contribution in [0.3, 0.4) is 0 Å². The molecule has 1 heterocycles. The topological polar surface area (TPSA) is 42.0 Å². The third kappa shape index (κ3) is 4.04. The summed E-state index contributed by atoms with van der Waals surface area (Å²) in [5, 5.41) is 5.25. The summed E-state index contributed by atoms with van der Waals surface area (Å²) in [7, 11) is 0. The molecule has 5 heteroatoms. The van der Waals surface area contributed by atoms with E-state index in [2.05, 4.69) is 10.3 Å². The van der Waals surface area contributed by atoms with E-state index in [0.29, 0.717) is 6.54 Å². The van der Waals surface area contributed by atoms with Crippen molar-refractivity contribution in [1.29, 1.82) is 0 Å². The number of benzene rings is 1. The minimum atomic E-state index is -0.640. The van der Waals surface area contributed by atoms with Gasteiger partial charge in [-0.2, -0.15) is 0 Å². The van der Waals surface area contributed by atoms with E-state index in [-0.39, 0.29) is 5.91 Å². The van der Waals surface area contributed by atoms with Gasteiger partial charge in [-0.05, 0) is 12.5 Å². The Bertz CT molecular complexity index is 541. The molecule has 0 saturated carbocycles. The maximum atomic E-state index is 11.9. The summed E-state index contributed by atoms with van der Waals surface area (Å²) >= 11 is 7.73. The molecule has 2 aromatic rings. The van der Waals surface area contributed by atoms with E-state index >= 15 is 0 Å². The molecule has 1 aromatic heterocycles. The Morgan fingerprint density at radius 3 is 2.79 bits per heavy atom. The number of hydrogen-bond donors (Lipinski definition) is 1. The van der Waals surface area contributed by atoms with Crippen molar-refractivity contribution in [3.8, 4) is 0 Å². The third-order valence-corrected chi connectivity index (χ3v) is 3.94. The van der Waals surface area contributed by atoms with Crippen molar-refractivity contribution < 1.29 is 4.79 Å². The number of thiazole rings is 1. The lowest BCUT2D eigenvalue weighted by Gasteiger charge is -2.10. The van der Waals surface area contributed by atoms with Gasteiger partial charge < -0.3 is 5.32 Å². The van der Waals surface area contributed by atoms with Gasteiger partial charge in [-0.3, -0.25) is 4.79 Å². The highest BCUT2D eigenvalue weighted by Crippen LogP contribution is 2.19. The van der Waals surface area contributed by atoms with Gasteiger partial charge >= 0.3 is 0 Å². The average Bonchev–Trinajstić information content (AvgIpc) is 2.84. The number of nitrogens with one attached hydrogen (secondary N) is 1. The normalized spacial score (nSPS) is 12.1. The highest BCUT2D eigenvalue weighted by Gasteiger charge is 2.16. The van der Waals surface area contributed by atoms with E-state index in [9.17, 15) is 4.79 Å². The zero-order chi connectivity index (χ0) is 13.7. The quantitative estimate of drug-likeness (QED) is 0.861. The summed E-state index contributed by atoms with van der Waals surface area (Å²) in [6.07, 6.45) is 0.731. The Kier molecular flexibility index (Phi) is 4.93. The molecule has 2 rings (SSSR count). The average molecular weight is 295 g/mol. The molecule has 0 fully saturated rings. The molecule has 1 aromatic carbocycles. The van der Waals surface area contributed by atoms with E-state index in [1.54, 1.807) is 11.3 Å². The number of nitrogens with zero attached hydrogens (tertiary/aromatic N) is 1. The number of hydrogen-bond acceptors (Lipinski definition) is 3. The highest BCUT2D eigenvalue weighted by atomic mass is 35.5. The van der Waals surface area contributed by atoms with Crippen molar-refractivity contribution in [3.63, 3.8) is 0 Å². The number of rotatable bonds is 5. The van der Waals surface area contributed by atoms with E-state index in [1.807, 2.05) is 42.6 Å². The standard InChI is InChI=1S/C14H15ClN2OS/c1-10-17-12(9-19-10)7-8-16-14(18)13(15)11-5-3-2-4-6-11/h2-6,9,13H,7-8H2,1H3,(H,16,18). The minimum absolute atomic E-state index is 0.167. The number of carbonyl (C=O) groups excluding carboxylic acids is 1. The van der Waals surface area contributed by atoms with Crippen LogP contribution >= 0.6 is 22.9 Å². The largest absolute Gasteiger partial charge is 0.354 e. The lowest BCUT2D eigenvalue weighted by atomic mass is 10.1. The van der Waals surface area contributed by atoms with E-state index in [4.69, 9.17) is 11.6 Å². The maximum absolute atomic E-state index is 11.9. The summed E-state index contributed by atoms with van der Waals surface area (Å²) in [4.78, 5) is 16.2. The Labute approximate surface area is 121 Å². The van der Waals surface area contributed by atoms with Crippen molar-refractivity contribution in [3.05, 3.63) is 52.0 Å². The van der Waals surface area contributed by atoms with Crippen molar-refractivity contribution in [2.75, 3.05) is 6.54 Å². The van der Waals surface area contributed by atoms with Crippen molar-refractivity contribution in [2.24, 2.45) is 0 Å². The SMILES string of the molecule is Cc1nc(CCNC(=O)C(Cl)c2ccccc2)cs1. The first-order valence-electron chi connectivity index (χ1n) is 6.04. The van der Waals surface area contributed by atoms with Crippen molar-refractivity contribution >= 4 is 28.8 Å². The minimum Gasteiger partial charge on any atom is -0.354 e. The maximum Gasteiger partial charge on any atom is 0.242 e. The van der Waals surface area contributed by atoms with Gasteiger partial charge in [-0.1, -0.05) is 30.3 Å². The molecule has 0 saturated heterocycles. The van der Waals surface area contributed by atoms with Gasteiger partial charge in [0.25, 0.3) is 0 Å². The van der Waals surface area contributed by atoms with Crippen LogP contribution in [-0.4, -0.2) is 17.4 Å². The Hall–Kier alpha value is -1.39. The third-order valence-electron chi connectivity index (χ3n) is 2.67. The molecule has 1 unspecified atom stereocenters. The molecular formula is C14H15ClN2OS. The zero-order valence-corrected chi connectivity index (χ0v) is 12.2. The number of aromatic nitrogens is 1. The summed E-state index contributed by atoms with van der Waals surface area (Å²) in [6, 6.07) is 9.34. The molecule has 19 heavy (non-hydrogen) atoms. The van der Waals surface area contributed by atoms with E-state index < -0.39 is 5.38 Å². The number of alkyl halides is 1. The monoisotopic (exact) mass is 294 g/mol. The highest BCUT2D eigenvalue weighted by molar-refractivity contribution is 7.09. The van der Waals surface area contributed by atoms with Gasteiger partial charge in [0, 0.05) is 18.3 Å². The van der Waals surface area contributed by atoms with Crippen LogP contribution in [0.4, 0.5) is 0 Å². The molecule has 100 valence electrons. The van der Waals surface area contributed by atoms with Gasteiger partial charge in [0.15, 0.2) is 0 Å². The Balaban J connectivity index is 1.81. The van der Waals surface area contributed by atoms with Crippen molar-refractivity contribution in [2.45, 2.75) is 18.7 Å². The van der Waals surface area contributed by atoms with Crippen LogP contribution in [0.1, 0.15) is 21.6 Å². The molecule has 3 nitrogen and oxygen atoms in total. The molecule has 0 aliphatic heterocycles. The second kappa shape index (κ2) is 6.68. The van der Waals surface area contributed by atoms with Gasteiger partial charge in [0.05, 0.1) is 10.7 Å². The zero-order valence-electron chi connectivity index (χ0n) is 10.6. The lowest BCUT2D eigenvalue weighted by Crippen LogP contribution is -2.28. The lowest BCUT2D eigenvalue weighted by molar-refractivity contribution is -0.120. The van der Waals surface area contributed by atoms with Crippen molar-refractivity contribution in [1.82, 2.24) is 10.3 Å². The molecule has 0 spiro atoms. The molecule has 0 radical (unpaired) electrons. The summed E-state index contributed by atoms with van der Waals surface area (Å²) in [6.45, 7) is 2.52. The fourth-order valence-corrected chi connectivity index (χ4v) is 2.57. The molecule has 0 bridgehead atoms. The van der Waals surface area contributed by atoms with Gasteiger partial charge in [-0.25, -0.2) is 4.98 Å². The van der Waals surface area contributed by atoms with Crippen LogP contribution in [0, 0.1) is 6.92 Å². The van der Waals surface area contributed by atoms with Crippen LogP contribution in [-0.2, 0) is 11.2 Å². The number of carbonyl (C=O) groups is 1. The fraction of sp³-hybridized carbons (Fsp3) is 0.286. The first kappa shape index (κ1) is 14.0.